The van der Waals surface area contributed by atoms with Crippen molar-refractivity contribution in [3.05, 3.63) is 147 Å². The van der Waals surface area contributed by atoms with Crippen molar-refractivity contribution in [1.29, 1.82) is 0 Å². The number of thiophene rings is 1. The second kappa shape index (κ2) is 16.3. The van der Waals surface area contributed by atoms with E-state index in [0.29, 0.717) is 23.7 Å². The van der Waals surface area contributed by atoms with E-state index in [0.717, 1.165) is 83.2 Å². The quantitative estimate of drug-likeness (QED) is 0.104. The molecule has 306 valence electrons. The molecule has 0 unspecified atom stereocenters. The number of carbonyl (C=O) groups is 2. The first-order valence-electron chi connectivity index (χ1n) is 19.8. The molecule has 8 rings (SSSR count). The number of carbonyl (C=O) groups excluding carboxylic acids is 2. The predicted octanol–water partition coefficient (Wildman–Crippen LogP) is 8.99. The van der Waals surface area contributed by atoms with Crippen LogP contribution in [-0.4, -0.2) is 52.4 Å². The van der Waals surface area contributed by atoms with Gasteiger partial charge in [-0.3, -0.25) is 23.9 Å². The molecule has 3 aromatic heterocycles. The molecule has 3 N–H and O–H groups in total. The number of hydrogen-bond donors (Lipinski definition) is 3. The Morgan fingerprint density at radius 1 is 0.850 bits per heavy atom. The Balaban J connectivity index is 0.948. The molecule has 0 aliphatic carbocycles. The van der Waals surface area contributed by atoms with Crippen molar-refractivity contribution in [2.45, 2.75) is 71.9 Å². The van der Waals surface area contributed by atoms with Gasteiger partial charge in [-0.1, -0.05) is 61.5 Å². The van der Waals surface area contributed by atoms with Crippen LogP contribution < -0.4 is 10.0 Å². The van der Waals surface area contributed by atoms with Gasteiger partial charge in [0.15, 0.2) is 5.82 Å². The molecule has 1 atom stereocenters. The minimum Gasteiger partial charge on any atom is -0.466 e. The number of benzene rings is 4. The maximum Gasteiger partial charge on any atom is 0.308 e. The molecule has 1 aliphatic heterocycles. The van der Waals surface area contributed by atoms with Crippen molar-refractivity contribution in [3.63, 3.8) is 0 Å². The Hall–Kier alpha value is -6.38. The number of H-pyrrole nitrogens is 1. The van der Waals surface area contributed by atoms with Crippen LogP contribution in [0.3, 0.4) is 0 Å². The first-order valence-corrected chi connectivity index (χ1v) is 22.1. The molecule has 0 spiro atoms. The highest BCUT2D eigenvalue weighted by molar-refractivity contribution is 7.92. The molecule has 1 amide bonds. The van der Waals surface area contributed by atoms with Gasteiger partial charge in [0.1, 0.15) is 16.9 Å². The maximum absolute atomic E-state index is 13.3. The number of esters is 1. The number of hydrogen-bond acceptors (Lipinski definition) is 9. The summed E-state index contributed by atoms with van der Waals surface area (Å²) in [6.45, 7) is 12.6. The highest BCUT2D eigenvalue weighted by Gasteiger charge is 2.33. The monoisotopic (exact) mass is 839 g/mol. The fourth-order valence-electron chi connectivity index (χ4n) is 7.57. The van der Waals surface area contributed by atoms with E-state index >= 15 is 0 Å². The number of aryl methyl sites for hydroxylation is 4. The van der Waals surface area contributed by atoms with Crippen molar-refractivity contribution in [3.8, 4) is 16.1 Å². The van der Waals surface area contributed by atoms with Crippen molar-refractivity contribution in [1.82, 2.24) is 25.1 Å². The molecule has 14 heteroatoms. The van der Waals surface area contributed by atoms with Crippen LogP contribution >= 0.6 is 11.3 Å². The third-order valence-electron chi connectivity index (χ3n) is 10.9. The third kappa shape index (κ3) is 7.75. The van der Waals surface area contributed by atoms with E-state index in [2.05, 4.69) is 39.1 Å². The largest absolute Gasteiger partial charge is 0.466 e. The second-order valence-electron chi connectivity index (χ2n) is 15.1. The number of ether oxygens (including phenoxy) is 1. The molecule has 0 bridgehead atoms. The van der Waals surface area contributed by atoms with Gasteiger partial charge in [0.25, 0.3) is 15.9 Å². The molecular formula is C46H45N7O5S2. The predicted molar refractivity (Wildman–Crippen MR) is 236 cm³/mol. The lowest BCUT2D eigenvalue weighted by Gasteiger charge is -2.13. The lowest BCUT2D eigenvalue weighted by molar-refractivity contribution is -0.144. The van der Waals surface area contributed by atoms with E-state index in [-0.39, 0.29) is 29.7 Å². The van der Waals surface area contributed by atoms with Crippen LogP contribution in [0.1, 0.15) is 86.1 Å². The summed E-state index contributed by atoms with van der Waals surface area (Å²) in [5, 5.41) is 13.8. The molecular weight excluding hydrogens is 795 g/mol. The number of aliphatic imine (C=N–C) groups is 1. The second-order valence-corrected chi connectivity index (χ2v) is 17.9. The van der Waals surface area contributed by atoms with Gasteiger partial charge in [-0.2, -0.15) is 0 Å². The maximum atomic E-state index is 13.3. The summed E-state index contributed by atoms with van der Waals surface area (Å²) in [6.07, 6.45) is 2.65. The van der Waals surface area contributed by atoms with Gasteiger partial charge in [-0.15, -0.1) is 21.5 Å². The zero-order valence-corrected chi connectivity index (χ0v) is 35.8. The molecule has 0 radical (unpaired) electrons. The van der Waals surface area contributed by atoms with Crippen molar-refractivity contribution < 1.29 is 22.7 Å². The van der Waals surface area contributed by atoms with Gasteiger partial charge in [-0.25, -0.2) is 8.42 Å². The molecule has 0 saturated heterocycles. The SMILES string of the molecule is CCCOC(=O)C[C@@H]1N=C(c2ccc(-c3ccc(C(=O)NCc4ccc(S(=O)(=O)Nc5ccc(C)c6c(C)c[nH]c56)cc4)cc3)cc2)c2c(sc(C)c2C)-n2c(C)nnc21. The Morgan fingerprint density at radius 2 is 1.53 bits per heavy atom. The van der Waals surface area contributed by atoms with Crippen LogP contribution in [-0.2, 0) is 26.1 Å². The normalized spacial score (nSPS) is 13.6. The van der Waals surface area contributed by atoms with Gasteiger partial charge >= 0.3 is 5.97 Å². The molecule has 0 saturated carbocycles. The molecule has 12 nitrogen and oxygen atoms in total. The number of nitrogens with one attached hydrogen (secondary N) is 3. The van der Waals surface area contributed by atoms with Gasteiger partial charge in [-0.05, 0) is 105 Å². The number of amides is 1. The zero-order chi connectivity index (χ0) is 42.3. The number of aromatic amines is 1. The molecule has 4 heterocycles. The number of nitrogens with zero attached hydrogens (tertiary/aromatic N) is 4. The molecule has 60 heavy (non-hydrogen) atoms. The fourth-order valence-corrected chi connectivity index (χ4v) is 9.85. The van der Waals surface area contributed by atoms with E-state index in [9.17, 15) is 18.0 Å². The number of rotatable bonds is 12. The zero-order valence-electron chi connectivity index (χ0n) is 34.2. The minimum absolute atomic E-state index is 0.0492. The topological polar surface area (TPSA) is 160 Å². The van der Waals surface area contributed by atoms with Crippen molar-refractivity contribution in [2.75, 3.05) is 11.3 Å². The average molecular weight is 840 g/mol. The van der Waals surface area contributed by atoms with E-state index in [1.54, 1.807) is 41.7 Å². The number of fused-ring (bicyclic) bond motifs is 4. The first-order chi connectivity index (χ1) is 28.8. The third-order valence-corrected chi connectivity index (χ3v) is 13.5. The van der Waals surface area contributed by atoms with Crippen molar-refractivity contribution >= 4 is 55.5 Å². The van der Waals surface area contributed by atoms with Crippen LogP contribution in [0.4, 0.5) is 5.69 Å². The highest BCUT2D eigenvalue weighted by atomic mass is 32.2. The van der Waals surface area contributed by atoms with Crippen LogP contribution in [0.15, 0.2) is 101 Å². The summed E-state index contributed by atoms with van der Waals surface area (Å²) in [5.74, 6) is 0.766. The number of anilines is 1. The Labute approximate surface area is 352 Å². The van der Waals surface area contributed by atoms with Gasteiger partial charge in [0, 0.05) is 39.7 Å². The summed E-state index contributed by atoms with van der Waals surface area (Å²) in [6, 6.07) is 25.1. The Bertz CT molecular complexity index is 2910. The van der Waals surface area contributed by atoms with E-state index < -0.39 is 16.1 Å². The van der Waals surface area contributed by atoms with Crippen LogP contribution in [0.25, 0.3) is 27.0 Å². The minimum atomic E-state index is -3.85. The molecule has 1 aliphatic rings. The fraction of sp³-hybridized carbons (Fsp3) is 0.239. The number of aromatic nitrogens is 4. The van der Waals surface area contributed by atoms with Crippen LogP contribution in [0.2, 0.25) is 0 Å². The van der Waals surface area contributed by atoms with Crippen LogP contribution in [0.5, 0.6) is 0 Å². The highest BCUT2D eigenvalue weighted by Crippen LogP contribution is 2.40. The molecule has 0 fully saturated rings. The van der Waals surface area contributed by atoms with Crippen LogP contribution in [0, 0.1) is 34.6 Å². The summed E-state index contributed by atoms with van der Waals surface area (Å²) < 4.78 is 36.8. The van der Waals surface area contributed by atoms with E-state index in [1.807, 2.05) is 80.9 Å². The lowest BCUT2D eigenvalue weighted by atomic mass is 9.96. The summed E-state index contributed by atoms with van der Waals surface area (Å²) in [4.78, 5) is 35.7. The standard InChI is InChI=1S/C46H45N7O5S2/c1-7-22-58-39(54)23-38-44-51-50-30(6)53(44)46-41(28(4)29(5)59-46)42(49-38)34-15-11-32(12-16-34)33-13-17-35(18-14-33)45(55)48-25-31-9-19-36(20-10-31)60(56,57)52-37-21-8-26(2)40-27(3)24-47-43(37)40/h8-21,24,38,47,52H,7,22-23,25H2,1-6H3,(H,48,55)/t38-/m0/s1. The average Bonchev–Trinajstić information content (AvgIpc) is 3.90. The van der Waals surface area contributed by atoms with Gasteiger partial charge < -0.3 is 15.0 Å². The lowest BCUT2D eigenvalue weighted by Crippen LogP contribution is -2.22. The smallest absolute Gasteiger partial charge is 0.308 e. The Kier molecular flexibility index (Phi) is 11.0. The van der Waals surface area contributed by atoms with Crippen molar-refractivity contribution in [2.24, 2.45) is 4.99 Å². The number of sulfonamides is 1. The van der Waals surface area contributed by atoms with E-state index in [4.69, 9.17) is 9.73 Å². The molecule has 4 aromatic carbocycles. The molecule has 7 aromatic rings. The Morgan fingerprint density at radius 3 is 2.23 bits per heavy atom. The summed E-state index contributed by atoms with van der Waals surface area (Å²) >= 11 is 1.66. The van der Waals surface area contributed by atoms with Gasteiger partial charge in [0.2, 0.25) is 0 Å². The van der Waals surface area contributed by atoms with E-state index in [1.165, 1.54) is 12.1 Å². The summed E-state index contributed by atoms with van der Waals surface area (Å²) in [7, 11) is -3.85. The first kappa shape index (κ1) is 40.4. The summed E-state index contributed by atoms with van der Waals surface area (Å²) in [5.41, 5.74) is 10.3. The van der Waals surface area contributed by atoms with Gasteiger partial charge in [0.05, 0.1) is 34.8 Å².